The molecule has 0 aliphatic heterocycles. The molecule has 0 atom stereocenters. The van der Waals surface area contributed by atoms with Crippen molar-refractivity contribution < 1.29 is 9.53 Å². The lowest BCUT2D eigenvalue weighted by molar-refractivity contribution is 0.0837. The van der Waals surface area contributed by atoms with Crippen LogP contribution in [0.2, 0.25) is 0 Å². The zero-order valence-electron chi connectivity index (χ0n) is 6.36. The number of aldehydes is 1. The summed E-state index contributed by atoms with van der Waals surface area (Å²) in [5.74, 6) is 0.401. The molecule has 0 fully saturated rings. The van der Waals surface area contributed by atoms with Crippen LogP contribution in [0.4, 0.5) is 0 Å². The van der Waals surface area contributed by atoms with E-state index in [9.17, 15) is 4.79 Å². The summed E-state index contributed by atoms with van der Waals surface area (Å²) in [6.45, 7) is 2.93. The van der Waals surface area contributed by atoms with Crippen molar-refractivity contribution in [3.63, 3.8) is 0 Å². The summed E-state index contributed by atoms with van der Waals surface area (Å²) >= 11 is 0. The molecular weight excluding hydrogens is 144 g/mol. The Morgan fingerprint density at radius 2 is 2.64 bits per heavy atom. The van der Waals surface area contributed by atoms with Gasteiger partial charge in [-0.25, -0.2) is 4.98 Å². The smallest absolute Gasteiger partial charge is 0.185 e. The molecule has 4 heteroatoms. The monoisotopic (exact) mass is 154 g/mol. The van der Waals surface area contributed by atoms with Crippen LogP contribution in [-0.2, 0) is 11.5 Å². The lowest BCUT2D eigenvalue weighted by atomic mass is 10.7. The quantitative estimate of drug-likeness (QED) is 0.599. The van der Waals surface area contributed by atoms with E-state index in [0.29, 0.717) is 25.4 Å². The van der Waals surface area contributed by atoms with Crippen molar-refractivity contribution in [3.8, 4) is 0 Å². The second-order valence-electron chi connectivity index (χ2n) is 1.99. The highest BCUT2D eigenvalue weighted by Gasteiger charge is 1.98. The van der Waals surface area contributed by atoms with Crippen molar-refractivity contribution in [2.24, 2.45) is 0 Å². The molecule has 0 amide bonds. The number of carbonyl (C=O) groups is 1. The van der Waals surface area contributed by atoms with E-state index in [1.807, 2.05) is 6.92 Å². The molecular formula is C7H10N2O2. The fourth-order valence-corrected chi connectivity index (χ4v) is 0.738. The first-order valence-electron chi connectivity index (χ1n) is 3.42. The van der Waals surface area contributed by atoms with Crippen molar-refractivity contribution in [1.29, 1.82) is 0 Å². The summed E-state index contributed by atoms with van der Waals surface area (Å²) in [6, 6.07) is 0. The van der Waals surface area contributed by atoms with Gasteiger partial charge in [-0.1, -0.05) is 0 Å². The number of rotatable bonds is 4. The first-order chi connectivity index (χ1) is 5.38. The van der Waals surface area contributed by atoms with E-state index in [-0.39, 0.29) is 0 Å². The van der Waals surface area contributed by atoms with Crippen LogP contribution in [0.25, 0.3) is 0 Å². The molecule has 0 N–H and O–H groups in total. The standard InChI is InChI=1S/C7H10N2O2/c1-2-11-6-9-4-3-8-7(9)5-10/h3-5H,2,6H2,1H3. The van der Waals surface area contributed by atoms with E-state index in [0.717, 1.165) is 0 Å². The molecule has 1 aromatic rings. The van der Waals surface area contributed by atoms with E-state index in [1.165, 1.54) is 0 Å². The molecule has 1 aromatic heterocycles. The Kier molecular flexibility index (Phi) is 2.80. The Morgan fingerprint density at radius 3 is 3.27 bits per heavy atom. The Hall–Kier alpha value is -1.16. The van der Waals surface area contributed by atoms with Crippen LogP contribution in [0, 0.1) is 0 Å². The predicted molar refractivity (Wildman–Crippen MR) is 39.2 cm³/mol. The minimum Gasteiger partial charge on any atom is -0.361 e. The van der Waals surface area contributed by atoms with Crippen molar-refractivity contribution in [2.45, 2.75) is 13.7 Å². The van der Waals surface area contributed by atoms with Gasteiger partial charge < -0.3 is 9.30 Å². The number of imidazole rings is 1. The number of hydrogen-bond donors (Lipinski definition) is 0. The molecule has 0 aliphatic rings. The normalized spacial score (nSPS) is 9.91. The lowest BCUT2D eigenvalue weighted by Crippen LogP contribution is -2.04. The van der Waals surface area contributed by atoms with Gasteiger partial charge in [0.05, 0.1) is 0 Å². The van der Waals surface area contributed by atoms with Gasteiger partial charge in [-0.3, -0.25) is 4.79 Å². The van der Waals surface area contributed by atoms with Crippen LogP contribution in [0.15, 0.2) is 12.4 Å². The van der Waals surface area contributed by atoms with Crippen LogP contribution >= 0.6 is 0 Å². The molecule has 0 aromatic carbocycles. The molecule has 11 heavy (non-hydrogen) atoms. The third kappa shape index (κ3) is 1.88. The van der Waals surface area contributed by atoms with E-state index in [4.69, 9.17) is 4.74 Å². The maximum absolute atomic E-state index is 10.3. The SMILES string of the molecule is CCOCn1ccnc1C=O. The van der Waals surface area contributed by atoms with Crippen molar-refractivity contribution in [2.75, 3.05) is 6.61 Å². The molecule has 0 spiro atoms. The molecule has 60 valence electrons. The first-order valence-corrected chi connectivity index (χ1v) is 3.42. The van der Waals surface area contributed by atoms with Crippen LogP contribution in [0.1, 0.15) is 17.5 Å². The van der Waals surface area contributed by atoms with E-state index < -0.39 is 0 Å². The summed E-state index contributed by atoms with van der Waals surface area (Å²) in [5.41, 5.74) is 0. The summed E-state index contributed by atoms with van der Waals surface area (Å²) < 4.78 is 6.73. The Balaban J connectivity index is 2.61. The zero-order valence-corrected chi connectivity index (χ0v) is 6.36. The number of nitrogens with zero attached hydrogens (tertiary/aromatic N) is 2. The molecule has 0 aliphatic carbocycles. The average molecular weight is 154 g/mol. The van der Waals surface area contributed by atoms with Gasteiger partial charge in [0.1, 0.15) is 6.73 Å². The van der Waals surface area contributed by atoms with E-state index in [2.05, 4.69) is 4.98 Å². The maximum Gasteiger partial charge on any atom is 0.185 e. The Morgan fingerprint density at radius 1 is 1.82 bits per heavy atom. The Labute approximate surface area is 64.8 Å². The van der Waals surface area contributed by atoms with Crippen molar-refractivity contribution >= 4 is 6.29 Å². The van der Waals surface area contributed by atoms with Gasteiger partial charge >= 0.3 is 0 Å². The number of ether oxygens (including phenoxy) is 1. The fourth-order valence-electron chi connectivity index (χ4n) is 0.738. The molecule has 0 saturated heterocycles. The van der Waals surface area contributed by atoms with Crippen molar-refractivity contribution in [3.05, 3.63) is 18.2 Å². The molecule has 0 unspecified atom stereocenters. The second kappa shape index (κ2) is 3.88. The topological polar surface area (TPSA) is 44.1 Å². The van der Waals surface area contributed by atoms with Crippen LogP contribution in [0.5, 0.6) is 0 Å². The number of carbonyl (C=O) groups excluding carboxylic acids is 1. The van der Waals surface area contributed by atoms with E-state index >= 15 is 0 Å². The van der Waals surface area contributed by atoms with Gasteiger partial charge in [-0.2, -0.15) is 0 Å². The Bertz CT molecular complexity index is 232. The van der Waals surface area contributed by atoms with Crippen LogP contribution < -0.4 is 0 Å². The molecule has 4 nitrogen and oxygen atoms in total. The van der Waals surface area contributed by atoms with Gasteiger partial charge in [0.2, 0.25) is 0 Å². The van der Waals surface area contributed by atoms with Crippen LogP contribution in [-0.4, -0.2) is 22.4 Å². The number of hydrogen-bond acceptors (Lipinski definition) is 3. The van der Waals surface area contributed by atoms with Gasteiger partial charge in [-0.05, 0) is 6.92 Å². The summed E-state index contributed by atoms with van der Waals surface area (Å²) in [5, 5.41) is 0. The highest BCUT2D eigenvalue weighted by molar-refractivity contribution is 5.69. The highest BCUT2D eigenvalue weighted by Crippen LogP contribution is 1.93. The van der Waals surface area contributed by atoms with Gasteiger partial charge in [0, 0.05) is 19.0 Å². The third-order valence-electron chi connectivity index (χ3n) is 1.29. The maximum atomic E-state index is 10.3. The molecule has 0 saturated carbocycles. The highest BCUT2D eigenvalue weighted by atomic mass is 16.5. The number of aromatic nitrogens is 2. The third-order valence-corrected chi connectivity index (χ3v) is 1.29. The molecule has 1 rings (SSSR count). The lowest BCUT2D eigenvalue weighted by Gasteiger charge is -2.02. The first kappa shape index (κ1) is 7.94. The molecule has 0 radical (unpaired) electrons. The summed E-state index contributed by atoms with van der Waals surface area (Å²) in [6.07, 6.45) is 3.99. The van der Waals surface area contributed by atoms with Gasteiger partial charge in [-0.15, -0.1) is 0 Å². The average Bonchev–Trinajstić information content (AvgIpc) is 2.47. The van der Waals surface area contributed by atoms with E-state index in [1.54, 1.807) is 17.0 Å². The zero-order chi connectivity index (χ0) is 8.10. The minimum absolute atomic E-state index is 0.393. The minimum atomic E-state index is 0.393. The fraction of sp³-hybridized carbons (Fsp3) is 0.429. The predicted octanol–water partition coefficient (Wildman–Crippen LogP) is 0.690. The summed E-state index contributed by atoms with van der Waals surface area (Å²) in [4.78, 5) is 14.1. The van der Waals surface area contributed by atoms with Gasteiger partial charge in [0.25, 0.3) is 0 Å². The van der Waals surface area contributed by atoms with Crippen LogP contribution in [0.3, 0.4) is 0 Å². The van der Waals surface area contributed by atoms with Crippen molar-refractivity contribution in [1.82, 2.24) is 9.55 Å². The molecule has 0 bridgehead atoms. The van der Waals surface area contributed by atoms with Gasteiger partial charge in [0.15, 0.2) is 12.1 Å². The molecule has 1 heterocycles. The second-order valence-corrected chi connectivity index (χ2v) is 1.99. The largest absolute Gasteiger partial charge is 0.361 e. The summed E-state index contributed by atoms with van der Waals surface area (Å²) in [7, 11) is 0.